The zero-order valence-corrected chi connectivity index (χ0v) is 10.2. The Bertz CT molecular complexity index is 349. The van der Waals surface area contributed by atoms with Crippen molar-refractivity contribution in [2.24, 2.45) is 0 Å². The Morgan fingerprint density at radius 2 is 2.11 bits per heavy atom. The number of hydrogen-bond donors (Lipinski definition) is 2. The highest BCUT2D eigenvalue weighted by Crippen LogP contribution is 2.19. The van der Waals surface area contributed by atoms with E-state index < -0.39 is 30.1 Å². The molecule has 0 radical (unpaired) electrons. The Balaban J connectivity index is 2.70. The van der Waals surface area contributed by atoms with Crippen molar-refractivity contribution >= 4 is 11.8 Å². The summed E-state index contributed by atoms with van der Waals surface area (Å²) < 4.78 is 14.5. The monoisotopic (exact) mass is 260 g/mol. The van der Waals surface area contributed by atoms with Crippen molar-refractivity contribution in [3.63, 3.8) is 0 Å². The lowest BCUT2D eigenvalue weighted by Gasteiger charge is -2.31. The van der Waals surface area contributed by atoms with E-state index in [1.54, 1.807) is 0 Å². The summed E-state index contributed by atoms with van der Waals surface area (Å²) in [5, 5.41) is 19.2. The van der Waals surface area contributed by atoms with Crippen LogP contribution in [-0.4, -0.2) is 60.6 Å². The number of aliphatic hydroxyl groups is 2. The van der Waals surface area contributed by atoms with Crippen molar-refractivity contribution in [1.82, 2.24) is 0 Å². The molecule has 0 aliphatic carbocycles. The van der Waals surface area contributed by atoms with E-state index in [0.29, 0.717) is 0 Å². The van der Waals surface area contributed by atoms with Crippen LogP contribution in [0.15, 0.2) is 11.8 Å². The summed E-state index contributed by atoms with van der Waals surface area (Å²) in [6, 6.07) is 0. The van der Waals surface area contributed by atoms with Crippen molar-refractivity contribution in [2.45, 2.75) is 25.2 Å². The number of ether oxygens (including phenoxy) is 3. The fourth-order valence-electron chi connectivity index (χ4n) is 1.44. The van der Waals surface area contributed by atoms with Crippen LogP contribution >= 0.6 is 0 Å². The van der Waals surface area contributed by atoms with Crippen molar-refractivity contribution in [2.75, 3.05) is 20.3 Å². The van der Waals surface area contributed by atoms with Gasteiger partial charge in [-0.3, -0.25) is 9.59 Å². The molecule has 0 saturated carbocycles. The van der Waals surface area contributed by atoms with Crippen molar-refractivity contribution in [1.29, 1.82) is 0 Å². The molecule has 0 spiro atoms. The molecule has 0 aromatic heterocycles. The first-order valence-corrected chi connectivity index (χ1v) is 5.35. The van der Waals surface area contributed by atoms with E-state index in [0.717, 1.165) is 6.08 Å². The zero-order chi connectivity index (χ0) is 13.7. The summed E-state index contributed by atoms with van der Waals surface area (Å²) in [5.41, 5.74) is 0. The average Bonchev–Trinajstić information content (AvgIpc) is 2.31. The summed E-state index contributed by atoms with van der Waals surface area (Å²) in [7, 11) is 1.35. The summed E-state index contributed by atoms with van der Waals surface area (Å²) in [6.07, 6.45) is -2.39. The number of esters is 1. The van der Waals surface area contributed by atoms with E-state index in [2.05, 4.69) is 9.47 Å². The Morgan fingerprint density at radius 3 is 2.67 bits per heavy atom. The average molecular weight is 260 g/mol. The van der Waals surface area contributed by atoms with Gasteiger partial charge in [0.2, 0.25) is 5.78 Å². The van der Waals surface area contributed by atoms with Gasteiger partial charge < -0.3 is 24.4 Å². The lowest BCUT2D eigenvalue weighted by Crippen LogP contribution is -2.45. The molecule has 2 N–H and O–H groups in total. The maximum atomic E-state index is 11.5. The molecule has 0 unspecified atom stereocenters. The molecule has 1 aliphatic rings. The number of carbonyl (C=O) groups excluding carboxylic acids is 2. The van der Waals surface area contributed by atoms with E-state index in [4.69, 9.17) is 4.74 Å². The molecule has 0 amide bonds. The summed E-state index contributed by atoms with van der Waals surface area (Å²) in [6.45, 7) is 0.762. The Morgan fingerprint density at radius 1 is 1.44 bits per heavy atom. The number of aliphatic hydroxyl groups excluding tert-OH is 2. The molecule has 0 aromatic rings. The maximum Gasteiger partial charge on any atom is 0.302 e. The summed E-state index contributed by atoms with van der Waals surface area (Å²) >= 11 is 0. The molecule has 1 aliphatic heterocycles. The molecular weight excluding hydrogens is 244 g/mol. The van der Waals surface area contributed by atoms with Gasteiger partial charge in [-0.15, -0.1) is 0 Å². The summed E-state index contributed by atoms with van der Waals surface area (Å²) in [4.78, 5) is 22.2. The van der Waals surface area contributed by atoms with Crippen molar-refractivity contribution in [3.05, 3.63) is 11.8 Å². The van der Waals surface area contributed by atoms with E-state index in [9.17, 15) is 19.8 Å². The van der Waals surface area contributed by atoms with E-state index in [-0.39, 0.29) is 19.0 Å². The first-order valence-electron chi connectivity index (χ1n) is 5.35. The second-order valence-corrected chi connectivity index (χ2v) is 3.83. The molecule has 0 fully saturated rings. The Kier molecular flexibility index (Phi) is 5.26. The van der Waals surface area contributed by atoms with Crippen LogP contribution < -0.4 is 0 Å². The first kappa shape index (κ1) is 14.6. The van der Waals surface area contributed by atoms with Crippen LogP contribution in [0.4, 0.5) is 0 Å². The number of methoxy groups -OCH3 is 1. The standard InChI is InChI=1S/C11H16O7/c1-6(12)17-5-10-11(15)7(13)3-9(18-10)8(14)4-16-2/h3,7,10-11,13,15H,4-5H2,1-2H3/t7-,10-,11+/m1/s1. The normalized spacial score (nSPS) is 27.1. The topological polar surface area (TPSA) is 102 Å². The number of rotatable bonds is 5. The van der Waals surface area contributed by atoms with Gasteiger partial charge in [-0.05, 0) is 6.08 Å². The van der Waals surface area contributed by atoms with E-state index in [1.807, 2.05) is 0 Å². The summed E-state index contributed by atoms with van der Waals surface area (Å²) in [5.74, 6) is -1.11. The largest absolute Gasteiger partial charge is 0.480 e. The van der Waals surface area contributed by atoms with Crippen LogP contribution in [-0.2, 0) is 23.8 Å². The van der Waals surface area contributed by atoms with Gasteiger partial charge >= 0.3 is 5.97 Å². The molecule has 0 aromatic carbocycles. The van der Waals surface area contributed by atoms with Gasteiger partial charge in [0.25, 0.3) is 0 Å². The molecule has 0 bridgehead atoms. The van der Waals surface area contributed by atoms with Crippen LogP contribution in [0.5, 0.6) is 0 Å². The Labute approximate surface area is 104 Å². The fraction of sp³-hybridized carbons (Fsp3) is 0.636. The zero-order valence-electron chi connectivity index (χ0n) is 10.2. The quantitative estimate of drug-likeness (QED) is 0.596. The number of ketones is 1. The van der Waals surface area contributed by atoms with Crippen LogP contribution in [0, 0.1) is 0 Å². The van der Waals surface area contributed by atoms with E-state index >= 15 is 0 Å². The van der Waals surface area contributed by atoms with Gasteiger partial charge in [0.15, 0.2) is 11.9 Å². The molecule has 0 saturated heterocycles. The minimum atomic E-state index is -1.26. The SMILES string of the molecule is COCC(=O)C1=C[C@@H](O)[C@H](O)[C@@H](COC(C)=O)O1. The van der Waals surface area contributed by atoms with Gasteiger partial charge in [-0.2, -0.15) is 0 Å². The predicted molar refractivity (Wildman–Crippen MR) is 58.5 cm³/mol. The molecule has 102 valence electrons. The van der Waals surface area contributed by atoms with Gasteiger partial charge in [0.05, 0.1) is 0 Å². The first-order chi connectivity index (χ1) is 8.45. The molecule has 1 rings (SSSR count). The third-order valence-electron chi connectivity index (χ3n) is 2.33. The number of carbonyl (C=O) groups is 2. The second-order valence-electron chi connectivity index (χ2n) is 3.83. The van der Waals surface area contributed by atoms with Crippen LogP contribution in [0.1, 0.15) is 6.92 Å². The van der Waals surface area contributed by atoms with Crippen molar-refractivity contribution in [3.8, 4) is 0 Å². The number of Topliss-reactive ketones (excluding diaryl/α,β-unsaturated/α-hetero) is 1. The predicted octanol–water partition coefficient (Wildman–Crippen LogP) is -1.23. The van der Waals surface area contributed by atoms with Crippen LogP contribution in [0.2, 0.25) is 0 Å². The highest BCUT2D eigenvalue weighted by Gasteiger charge is 2.35. The fourth-order valence-corrected chi connectivity index (χ4v) is 1.44. The molecular formula is C11H16O7. The molecule has 3 atom stereocenters. The molecule has 1 heterocycles. The van der Waals surface area contributed by atoms with Gasteiger partial charge in [-0.25, -0.2) is 0 Å². The lowest BCUT2D eigenvalue weighted by molar-refractivity contribution is -0.152. The number of hydrogen-bond acceptors (Lipinski definition) is 7. The van der Waals surface area contributed by atoms with Gasteiger partial charge in [0.1, 0.15) is 25.4 Å². The van der Waals surface area contributed by atoms with Crippen LogP contribution in [0.25, 0.3) is 0 Å². The lowest BCUT2D eigenvalue weighted by atomic mass is 10.0. The minimum Gasteiger partial charge on any atom is -0.480 e. The Hall–Kier alpha value is -1.44. The molecule has 7 heteroatoms. The third kappa shape index (κ3) is 3.80. The minimum absolute atomic E-state index is 0.105. The molecule has 7 nitrogen and oxygen atoms in total. The van der Waals surface area contributed by atoms with E-state index in [1.165, 1.54) is 14.0 Å². The van der Waals surface area contributed by atoms with Crippen molar-refractivity contribution < 1.29 is 34.0 Å². The third-order valence-corrected chi connectivity index (χ3v) is 2.33. The van der Waals surface area contributed by atoms with Gasteiger partial charge in [-0.1, -0.05) is 0 Å². The highest BCUT2D eigenvalue weighted by atomic mass is 16.6. The maximum absolute atomic E-state index is 11.5. The van der Waals surface area contributed by atoms with Crippen LogP contribution in [0.3, 0.4) is 0 Å². The molecule has 18 heavy (non-hydrogen) atoms. The second kappa shape index (κ2) is 6.48. The highest BCUT2D eigenvalue weighted by molar-refractivity contribution is 5.94. The van der Waals surface area contributed by atoms with Gasteiger partial charge in [0, 0.05) is 14.0 Å². The smallest absolute Gasteiger partial charge is 0.302 e.